The number of ether oxygens (including phenoxy) is 2. The molecular weight excluding hydrogens is 340 g/mol. The van der Waals surface area contributed by atoms with Gasteiger partial charge in [-0.05, 0) is 36.7 Å². The van der Waals surface area contributed by atoms with Crippen molar-refractivity contribution in [2.24, 2.45) is 5.73 Å². The second-order valence-electron chi connectivity index (χ2n) is 5.99. The van der Waals surface area contributed by atoms with Gasteiger partial charge in [0.05, 0.1) is 31.8 Å². The minimum Gasteiger partial charge on any atom is -0.493 e. The Morgan fingerprint density at radius 2 is 1.89 bits per heavy atom. The molecule has 0 saturated heterocycles. The Labute approximate surface area is 159 Å². The molecule has 27 heavy (non-hydrogen) atoms. The first-order valence-corrected chi connectivity index (χ1v) is 8.91. The van der Waals surface area contributed by atoms with E-state index >= 15 is 0 Å². The van der Waals surface area contributed by atoms with Crippen molar-refractivity contribution in [3.8, 4) is 22.8 Å². The average Bonchev–Trinajstić information content (AvgIpc) is 2.73. The number of nitrogens with two attached hydrogens (primary N) is 1. The molecule has 6 heteroatoms. The van der Waals surface area contributed by atoms with Crippen LogP contribution in [0.3, 0.4) is 0 Å². The number of benzene rings is 2. The third-order valence-electron chi connectivity index (χ3n) is 4.02. The van der Waals surface area contributed by atoms with Crippen molar-refractivity contribution >= 4 is 5.82 Å². The Hall–Kier alpha value is -3.12. The highest BCUT2D eigenvalue weighted by Gasteiger charge is 2.09. The molecule has 0 fully saturated rings. The van der Waals surface area contributed by atoms with E-state index < -0.39 is 0 Å². The lowest BCUT2D eigenvalue weighted by atomic mass is 10.1. The Balaban J connectivity index is 1.73. The molecule has 2 aromatic carbocycles. The van der Waals surface area contributed by atoms with Crippen molar-refractivity contribution in [3.63, 3.8) is 0 Å². The molecule has 3 N–H and O–H groups in total. The summed E-state index contributed by atoms with van der Waals surface area (Å²) in [6, 6.07) is 15.9. The zero-order valence-corrected chi connectivity index (χ0v) is 15.4. The van der Waals surface area contributed by atoms with Crippen LogP contribution >= 0.6 is 0 Å². The molecule has 3 aromatic rings. The Morgan fingerprint density at radius 1 is 1.04 bits per heavy atom. The lowest BCUT2D eigenvalue weighted by Crippen LogP contribution is -2.06. The third kappa shape index (κ3) is 5.18. The summed E-state index contributed by atoms with van der Waals surface area (Å²) in [4.78, 5) is 8.95. The van der Waals surface area contributed by atoms with Gasteiger partial charge in [-0.15, -0.1) is 0 Å². The fourth-order valence-electron chi connectivity index (χ4n) is 2.59. The SMILES string of the molecule is COc1cc(-c2cncc(NCc3ccccc3)n2)ccc1OCCCN. The summed E-state index contributed by atoms with van der Waals surface area (Å²) in [5.41, 5.74) is 8.37. The number of hydrogen-bond acceptors (Lipinski definition) is 6. The van der Waals surface area contributed by atoms with Crippen LogP contribution in [0.15, 0.2) is 60.9 Å². The zero-order valence-electron chi connectivity index (χ0n) is 15.4. The number of anilines is 1. The van der Waals surface area contributed by atoms with E-state index in [1.54, 1.807) is 19.5 Å². The van der Waals surface area contributed by atoms with Crippen LogP contribution in [0.4, 0.5) is 5.82 Å². The van der Waals surface area contributed by atoms with Crippen LogP contribution in [0, 0.1) is 0 Å². The summed E-state index contributed by atoms with van der Waals surface area (Å²) in [7, 11) is 1.62. The highest BCUT2D eigenvalue weighted by atomic mass is 16.5. The molecule has 0 atom stereocenters. The van der Waals surface area contributed by atoms with Gasteiger partial charge in [-0.2, -0.15) is 0 Å². The van der Waals surface area contributed by atoms with Crippen LogP contribution in [0.25, 0.3) is 11.3 Å². The standard InChI is InChI=1S/C21H24N4O2/c1-26-20-12-17(8-9-19(20)27-11-5-10-22)18-14-23-15-21(25-18)24-13-16-6-3-2-4-7-16/h2-4,6-9,12,14-15H,5,10-11,13,22H2,1H3,(H,24,25). The van der Waals surface area contributed by atoms with E-state index in [4.69, 9.17) is 15.2 Å². The normalized spacial score (nSPS) is 10.4. The number of hydrogen-bond donors (Lipinski definition) is 2. The molecule has 140 valence electrons. The fraction of sp³-hybridized carbons (Fsp3) is 0.238. The van der Waals surface area contributed by atoms with E-state index in [0.29, 0.717) is 31.2 Å². The molecule has 6 nitrogen and oxygen atoms in total. The third-order valence-corrected chi connectivity index (χ3v) is 4.02. The maximum absolute atomic E-state index is 5.72. The second-order valence-corrected chi connectivity index (χ2v) is 5.99. The van der Waals surface area contributed by atoms with Gasteiger partial charge in [-0.3, -0.25) is 4.98 Å². The van der Waals surface area contributed by atoms with Gasteiger partial charge in [-0.25, -0.2) is 4.98 Å². The fourth-order valence-corrected chi connectivity index (χ4v) is 2.59. The van der Waals surface area contributed by atoms with E-state index in [9.17, 15) is 0 Å². The first-order chi connectivity index (χ1) is 13.3. The number of nitrogens with one attached hydrogen (secondary N) is 1. The Morgan fingerprint density at radius 3 is 2.67 bits per heavy atom. The van der Waals surface area contributed by atoms with Crippen molar-refractivity contribution < 1.29 is 9.47 Å². The lowest BCUT2D eigenvalue weighted by molar-refractivity contribution is 0.291. The van der Waals surface area contributed by atoms with Gasteiger partial charge < -0.3 is 20.5 Å². The molecule has 0 amide bonds. The summed E-state index contributed by atoms with van der Waals surface area (Å²) < 4.78 is 11.2. The van der Waals surface area contributed by atoms with Crippen LogP contribution in [0.5, 0.6) is 11.5 Å². The van der Waals surface area contributed by atoms with E-state index in [1.807, 2.05) is 36.4 Å². The van der Waals surface area contributed by atoms with Crippen LogP contribution in [0.2, 0.25) is 0 Å². The number of nitrogens with zero attached hydrogens (tertiary/aromatic N) is 2. The van der Waals surface area contributed by atoms with Gasteiger partial charge in [0.25, 0.3) is 0 Å². The predicted molar refractivity (Wildman–Crippen MR) is 107 cm³/mol. The molecule has 0 aliphatic rings. The molecular formula is C21H24N4O2. The Kier molecular flexibility index (Phi) is 6.60. The summed E-state index contributed by atoms with van der Waals surface area (Å²) in [6.07, 6.45) is 4.25. The van der Waals surface area contributed by atoms with Crippen LogP contribution in [-0.4, -0.2) is 30.2 Å². The molecule has 0 spiro atoms. The van der Waals surface area contributed by atoms with Crippen LogP contribution in [-0.2, 0) is 6.54 Å². The quantitative estimate of drug-likeness (QED) is 0.566. The maximum atomic E-state index is 5.72. The number of aromatic nitrogens is 2. The molecule has 0 unspecified atom stereocenters. The lowest BCUT2D eigenvalue weighted by Gasteiger charge is -2.12. The topological polar surface area (TPSA) is 82.3 Å². The molecule has 0 saturated carbocycles. The first kappa shape index (κ1) is 18.7. The molecule has 1 aromatic heterocycles. The zero-order chi connectivity index (χ0) is 18.9. The van der Waals surface area contributed by atoms with Gasteiger partial charge in [0.15, 0.2) is 11.5 Å². The van der Waals surface area contributed by atoms with E-state index in [2.05, 4.69) is 27.4 Å². The Bertz CT molecular complexity index is 856. The van der Waals surface area contributed by atoms with Crippen molar-refractivity contribution in [1.29, 1.82) is 0 Å². The molecule has 0 aliphatic carbocycles. The first-order valence-electron chi connectivity index (χ1n) is 8.91. The minimum atomic E-state index is 0.560. The molecule has 1 heterocycles. The highest BCUT2D eigenvalue weighted by Crippen LogP contribution is 2.32. The summed E-state index contributed by atoms with van der Waals surface area (Å²) in [6.45, 7) is 1.85. The smallest absolute Gasteiger partial charge is 0.161 e. The van der Waals surface area contributed by atoms with E-state index in [-0.39, 0.29) is 0 Å². The second kappa shape index (κ2) is 9.54. The van der Waals surface area contributed by atoms with Crippen molar-refractivity contribution in [3.05, 3.63) is 66.5 Å². The maximum Gasteiger partial charge on any atom is 0.161 e. The molecule has 0 aliphatic heterocycles. The van der Waals surface area contributed by atoms with Gasteiger partial charge in [0, 0.05) is 12.1 Å². The predicted octanol–water partition coefficient (Wildman–Crippen LogP) is 3.49. The van der Waals surface area contributed by atoms with Gasteiger partial charge in [0.2, 0.25) is 0 Å². The highest BCUT2D eigenvalue weighted by molar-refractivity contribution is 5.64. The minimum absolute atomic E-state index is 0.560. The van der Waals surface area contributed by atoms with Crippen molar-refractivity contribution in [1.82, 2.24) is 9.97 Å². The van der Waals surface area contributed by atoms with Gasteiger partial charge in [-0.1, -0.05) is 30.3 Å². The average molecular weight is 364 g/mol. The number of rotatable bonds is 9. The number of methoxy groups -OCH3 is 1. The van der Waals surface area contributed by atoms with Crippen LogP contribution < -0.4 is 20.5 Å². The van der Waals surface area contributed by atoms with Crippen LogP contribution in [0.1, 0.15) is 12.0 Å². The molecule has 3 rings (SSSR count). The molecule has 0 radical (unpaired) electrons. The van der Waals surface area contributed by atoms with Gasteiger partial charge in [0.1, 0.15) is 5.82 Å². The van der Waals surface area contributed by atoms with Crippen molar-refractivity contribution in [2.45, 2.75) is 13.0 Å². The van der Waals surface area contributed by atoms with E-state index in [0.717, 1.165) is 23.5 Å². The largest absolute Gasteiger partial charge is 0.493 e. The van der Waals surface area contributed by atoms with Crippen molar-refractivity contribution in [2.75, 3.05) is 25.6 Å². The summed E-state index contributed by atoms with van der Waals surface area (Å²) in [5, 5.41) is 3.30. The van der Waals surface area contributed by atoms with Gasteiger partial charge >= 0.3 is 0 Å². The summed E-state index contributed by atoms with van der Waals surface area (Å²) >= 11 is 0. The van der Waals surface area contributed by atoms with E-state index in [1.165, 1.54) is 5.56 Å². The molecule has 0 bridgehead atoms. The monoisotopic (exact) mass is 364 g/mol. The summed E-state index contributed by atoms with van der Waals surface area (Å²) in [5.74, 6) is 2.08.